The van der Waals surface area contributed by atoms with Crippen LogP contribution in [0.25, 0.3) is 6.08 Å². The quantitative estimate of drug-likeness (QED) is 0.641. The second-order valence-corrected chi connectivity index (χ2v) is 7.33. The third-order valence-corrected chi connectivity index (χ3v) is 3.86. The first-order valence-corrected chi connectivity index (χ1v) is 8.69. The summed E-state index contributed by atoms with van der Waals surface area (Å²) in [6.45, 7) is 9.87. The summed E-state index contributed by atoms with van der Waals surface area (Å²) in [5.74, 6) is 0.225. The summed E-state index contributed by atoms with van der Waals surface area (Å²) in [5, 5.41) is 0. The van der Waals surface area contributed by atoms with Crippen LogP contribution in [-0.4, -0.2) is 18.4 Å². The maximum Gasteiger partial charge on any atom is 0.311 e. The SMILES string of the molecule is CCCC(C)C(=O)Cc1ccc(/C=C/COC(=O)C(C)(C)C)cc1. The maximum absolute atomic E-state index is 12.1. The lowest BCUT2D eigenvalue weighted by atomic mass is 9.95. The maximum atomic E-state index is 12.1. The van der Waals surface area contributed by atoms with E-state index < -0.39 is 5.41 Å². The van der Waals surface area contributed by atoms with E-state index in [4.69, 9.17) is 4.74 Å². The molecule has 0 bridgehead atoms. The summed E-state index contributed by atoms with van der Waals surface area (Å²) < 4.78 is 5.18. The van der Waals surface area contributed by atoms with Gasteiger partial charge in [-0.2, -0.15) is 0 Å². The molecule has 3 heteroatoms. The Labute approximate surface area is 146 Å². The molecule has 1 aromatic rings. The Balaban J connectivity index is 2.49. The molecule has 0 aliphatic rings. The third kappa shape index (κ3) is 7.12. The van der Waals surface area contributed by atoms with E-state index in [1.54, 1.807) is 0 Å². The third-order valence-electron chi connectivity index (χ3n) is 3.86. The minimum Gasteiger partial charge on any atom is -0.461 e. The minimum atomic E-state index is -0.475. The van der Waals surface area contributed by atoms with Gasteiger partial charge < -0.3 is 4.74 Å². The fourth-order valence-corrected chi connectivity index (χ4v) is 2.24. The molecule has 1 atom stereocenters. The molecule has 0 aliphatic carbocycles. The Kier molecular flexibility index (Phi) is 7.90. The van der Waals surface area contributed by atoms with Crippen LogP contribution in [0.3, 0.4) is 0 Å². The van der Waals surface area contributed by atoms with E-state index in [1.807, 2.05) is 64.1 Å². The Morgan fingerprint density at radius 3 is 2.33 bits per heavy atom. The van der Waals surface area contributed by atoms with Crippen molar-refractivity contribution in [1.29, 1.82) is 0 Å². The Bertz CT molecular complexity index is 562. The molecule has 0 radical (unpaired) electrons. The van der Waals surface area contributed by atoms with Crippen LogP contribution >= 0.6 is 0 Å². The Hall–Kier alpha value is -1.90. The smallest absolute Gasteiger partial charge is 0.311 e. The average Bonchev–Trinajstić information content (AvgIpc) is 2.52. The number of ketones is 1. The summed E-state index contributed by atoms with van der Waals surface area (Å²) >= 11 is 0. The van der Waals surface area contributed by atoms with Crippen LogP contribution in [-0.2, 0) is 20.7 Å². The number of hydrogen-bond donors (Lipinski definition) is 0. The van der Waals surface area contributed by atoms with Crippen LogP contribution in [0.2, 0.25) is 0 Å². The molecule has 0 heterocycles. The molecule has 24 heavy (non-hydrogen) atoms. The molecule has 0 fully saturated rings. The highest BCUT2D eigenvalue weighted by molar-refractivity contribution is 5.83. The monoisotopic (exact) mass is 330 g/mol. The van der Waals surface area contributed by atoms with Crippen molar-refractivity contribution in [1.82, 2.24) is 0 Å². The number of esters is 1. The lowest BCUT2D eigenvalue weighted by Gasteiger charge is -2.15. The zero-order valence-corrected chi connectivity index (χ0v) is 15.6. The first-order chi connectivity index (χ1) is 11.2. The summed E-state index contributed by atoms with van der Waals surface area (Å²) in [5.41, 5.74) is 1.59. The van der Waals surface area contributed by atoms with Gasteiger partial charge in [0.2, 0.25) is 0 Å². The van der Waals surface area contributed by atoms with Crippen LogP contribution in [0.1, 0.15) is 58.6 Å². The van der Waals surface area contributed by atoms with Crippen molar-refractivity contribution < 1.29 is 14.3 Å². The molecule has 0 saturated heterocycles. The number of carbonyl (C=O) groups is 2. The van der Waals surface area contributed by atoms with Gasteiger partial charge in [0.15, 0.2) is 0 Å². The number of hydrogen-bond acceptors (Lipinski definition) is 3. The molecule has 0 spiro atoms. The van der Waals surface area contributed by atoms with Crippen molar-refractivity contribution in [3.8, 4) is 0 Å². The molecule has 0 amide bonds. The predicted octanol–water partition coefficient (Wildman–Crippen LogP) is 4.84. The van der Waals surface area contributed by atoms with Gasteiger partial charge in [-0.25, -0.2) is 0 Å². The fourth-order valence-electron chi connectivity index (χ4n) is 2.24. The molecular formula is C21H30O3. The average molecular weight is 330 g/mol. The van der Waals surface area contributed by atoms with Gasteiger partial charge in [-0.05, 0) is 44.4 Å². The van der Waals surface area contributed by atoms with Crippen molar-refractivity contribution >= 4 is 17.8 Å². The van der Waals surface area contributed by atoms with E-state index in [0.29, 0.717) is 12.2 Å². The summed E-state index contributed by atoms with van der Waals surface area (Å²) in [7, 11) is 0. The largest absolute Gasteiger partial charge is 0.461 e. The van der Waals surface area contributed by atoms with Crippen molar-refractivity contribution in [2.75, 3.05) is 6.61 Å². The molecule has 0 aromatic heterocycles. The van der Waals surface area contributed by atoms with Crippen LogP contribution in [0, 0.1) is 11.3 Å². The highest BCUT2D eigenvalue weighted by Gasteiger charge is 2.22. The van der Waals surface area contributed by atoms with Crippen LogP contribution in [0.15, 0.2) is 30.3 Å². The van der Waals surface area contributed by atoms with Crippen molar-refractivity contribution in [2.45, 2.75) is 53.9 Å². The molecule has 0 saturated carbocycles. The molecule has 0 aliphatic heterocycles. The molecule has 3 nitrogen and oxygen atoms in total. The molecule has 1 aromatic carbocycles. The molecule has 132 valence electrons. The summed E-state index contributed by atoms with van der Waals surface area (Å²) in [6, 6.07) is 7.93. The van der Waals surface area contributed by atoms with E-state index in [1.165, 1.54) is 0 Å². The minimum absolute atomic E-state index is 0.132. The van der Waals surface area contributed by atoms with Gasteiger partial charge in [0, 0.05) is 12.3 Å². The first kappa shape index (κ1) is 20.1. The lowest BCUT2D eigenvalue weighted by Crippen LogP contribution is -2.22. The highest BCUT2D eigenvalue weighted by atomic mass is 16.5. The van der Waals surface area contributed by atoms with E-state index in [9.17, 15) is 9.59 Å². The van der Waals surface area contributed by atoms with Gasteiger partial charge in [0.1, 0.15) is 12.4 Å². The Morgan fingerprint density at radius 1 is 1.17 bits per heavy atom. The van der Waals surface area contributed by atoms with Crippen LogP contribution < -0.4 is 0 Å². The zero-order valence-electron chi connectivity index (χ0n) is 15.6. The van der Waals surface area contributed by atoms with Gasteiger partial charge in [-0.15, -0.1) is 0 Å². The van der Waals surface area contributed by atoms with Gasteiger partial charge >= 0.3 is 5.97 Å². The molecular weight excluding hydrogens is 300 g/mol. The number of benzene rings is 1. The van der Waals surface area contributed by atoms with Gasteiger partial charge in [0.25, 0.3) is 0 Å². The fraction of sp³-hybridized carbons (Fsp3) is 0.524. The normalized spacial score (nSPS) is 13.0. The summed E-state index contributed by atoms with van der Waals surface area (Å²) in [6.07, 6.45) is 6.23. The topological polar surface area (TPSA) is 43.4 Å². The van der Waals surface area contributed by atoms with Crippen LogP contribution in [0.5, 0.6) is 0 Å². The van der Waals surface area contributed by atoms with Crippen molar-refractivity contribution in [3.63, 3.8) is 0 Å². The standard InChI is InChI=1S/C21H30O3/c1-6-8-16(2)19(22)15-18-12-10-17(11-13-18)9-7-14-24-20(23)21(3,4)5/h7,9-13,16H,6,8,14-15H2,1-5H3/b9-7+. The zero-order chi connectivity index (χ0) is 18.2. The predicted molar refractivity (Wildman–Crippen MR) is 98.7 cm³/mol. The van der Waals surface area contributed by atoms with Crippen molar-refractivity contribution in [3.05, 3.63) is 41.5 Å². The van der Waals surface area contributed by atoms with Crippen molar-refractivity contribution in [2.24, 2.45) is 11.3 Å². The van der Waals surface area contributed by atoms with Crippen LogP contribution in [0.4, 0.5) is 0 Å². The van der Waals surface area contributed by atoms with E-state index in [-0.39, 0.29) is 18.5 Å². The number of carbonyl (C=O) groups excluding carboxylic acids is 2. The number of rotatable bonds is 8. The molecule has 1 unspecified atom stereocenters. The number of ether oxygens (including phenoxy) is 1. The second-order valence-electron chi connectivity index (χ2n) is 7.33. The van der Waals surface area contributed by atoms with E-state index in [0.717, 1.165) is 24.0 Å². The Morgan fingerprint density at radius 2 is 1.79 bits per heavy atom. The number of Topliss-reactive ketones (excluding diaryl/α,β-unsaturated/α-hetero) is 1. The van der Waals surface area contributed by atoms with E-state index >= 15 is 0 Å². The van der Waals surface area contributed by atoms with Gasteiger partial charge in [-0.1, -0.05) is 50.6 Å². The second kappa shape index (κ2) is 9.41. The summed E-state index contributed by atoms with van der Waals surface area (Å²) in [4.78, 5) is 23.7. The highest BCUT2D eigenvalue weighted by Crippen LogP contribution is 2.15. The van der Waals surface area contributed by atoms with Gasteiger partial charge in [0.05, 0.1) is 5.41 Å². The van der Waals surface area contributed by atoms with Gasteiger partial charge in [-0.3, -0.25) is 9.59 Å². The first-order valence-electron chi connectivity index (χ1n) is 8.69. The molecule has 0 N–H and O–H groups in total. The lowest BCUT2D eigenvalue weighted by molar-refractivity contribution is -0.151. The van der Waals surface area contributed by atoms with E-state index in [2.05, 4.69) is 6.92 Å². The molecule has 1 rings (SSSR count).